The summed E-state index contributed by atoms with van der Waals surface area (Å²) in [6.07, 6.45) is 0.876. The molecule has 2 aliphatic rings. The Morgan fingerprint density at radius 3 is 2.58 bits per heavy atom. The summed E-state index contributed by atoms with van der Waals surface area (Å²) in [7, 11) is 0. The van der Waals surface area contributed by atoms with Crippen LogP contribution in [0.25, 0.3) is 0 Å². The molecule has 0 radical (unpaired) electrons. The average molecular weight is 481 g/mol. The van der Waals surface area contributed by atoms with Crippen molar-refractivity contribution in [1.82, 2.24) is 5.43 Å². The molecule has 0 unspecified atom stereocenters. The molecule has 1 amide bonds. The first-order chi connectivity index (χ1) is 15.9. The Labute approximate surface area is 202 Å². The van der Waals surface area contributed by atoms with Gasteiger partial charge in [-0.2, -0.15) is 5.10 Å². The monoisotopic (exact) mass is 480 g/mol. The van der Waals surface area contributed by atoms with E-state index in [0.717, 1.165) is 17.7 Å². The number of rotatable bonds is 4. The summed E-state index contributed by atoms with van der Waals surface area (Å²) < 4.78 is 0. The molecule has 0 saturated heterocycles. The van der Waals surface area contributed by atoms with Crippen LogP contribution in [-0.4, -0.2) is 23.3 Å². The van der Waals surface area contributed by atoms with Crippen molar-refractivity contribution in [2.75, 3.05) is 16.6 Å². The number of hydrazine groups is 1. The minimum Gasteiger partial charge on any atom is -0.508 e. The van der Waals surface area contributed by atoms with Gasteiger partial charge >= 0.3 is 0 Å². The van der Waals surface area contributed by atoms with Gasteiger partial charge < -0.3 is 5.11 Å². The van der Waals surface area contributed by atoms with Gasteiger partial charge in [-0.15, -0.1) is 0 Å². The average Bonchev–Trinajstić information content (AvgIpc) is 3.36. The van der Waals surface area contributed by atoms with Gasteiger partial charge in [0, 0.05) is 17.5 Å². The number of hydrogen-bond acceptors (Lipinski definition) is 5. The number of anilines is 2. The fraction of sp³-hybridized carbons (Fsp3) is 0.200. The summed E-state index contributed by atoms with van der Waals surface area (Å²) >= 11 is 12.6. The fourth-order valence-corrected chi connectivity index (χ4v) is 4.98. The first-order valence-corrected chi connectivity index (χ1v) is 11.5. The molecule has 0 spiro atoms. The summed E-state index contributed by atoms with van der Waals surface area (Å²) in [4.78, 5) is 13.4. The van der Waals surface area contributed by atoms with Crippen molar-refractivity contribution in [3.8, 4) is 5.75 Å². The minimum atomic E-state index is -0.282. The van der Waals surface area contributed by atoms with Crippen molar-refractivity contribution in [3.05, 3.63) is 87.9 Å². The van der Waals surface area contributed by atoms with Crippen molar-refractivity contribution < 1.29 is 9.90 Å². The molecule has 2 N–H and O–H groups in total. The van der Waals surface area contributed by atoms with E-state index in [1.54, 1.807) is 35.3 Å². The van der Waals surface area contributed by atoms with Gasteiger partial charge in [0.15, 0.2) is 0 Å². The quantitative estimate of drug-likeness (QED) is 0.528. The van der Waals surface area contributed by atoms with Gasteiger partial charge in [-0.1, -0.05) is 60.5 Å². The lowest BCUT2D eigenvalue weighted by Gasteiger charge is -2.27. The third-order valence-corrected chi connectivity index (χ3v) is 6.67. The Balaban J connectivity index is 1.49. The fourth-order valence-electron chi connectivity index (χ4n) is 4.49. The maximum Gasteiger partial charge on any atom is 0.286 e. The number of nitrogens with zero attached hydrogens (tertiary/aromatic N) is 3. The Morgan fingerprint density at radius 2 is 1.82 bits per heavy atom. The highest BCUT2D eigenvalue weighted by Crippen LogP contribution is 2.42. The van der Waals surface area contributed by atoms with E-state index in [2.05, 4.69) is 11.5 Å². The predicted octanol–water partition coefficient (Wildman–Crippen LogP) is 5.35. The molecule has 3 aromatic carbocycles. The number of aromatic hydroxyl groups is 1. The molecule has 2 heterocycles. The van der Waals surface area contributed by atoms with Crippen LogP contribution in [0.5, 0.6) is 5.75 Å². The number of fused-ring (bicyclic) bond motifs is 1. The van der Waals surface area contributed by atoms with Crippen molar-refractivity contribution in [2.24, 2.45) is 11.0 Å². The molecule has 0 saturated carbocycles. The van der Waals surface area contributed by atoms with Crippen LogP contribution in [0.1, 0.15) is 24.1 Å². The number of carbonyl (C=O) groups is 1. The van der Waals surface area contributed by atoms with Gasteiger partial charge in [-0.25, -0.2) is 0 Å². The highest BCUT2D eigenvalue weighted by molar-refractivity contribution is 6.41. The molecule has 2 aliphatic heterocycles. The van der Waals surface area contributed by atoms with E-state index < -0.39 is 0 Å². The summed E-state index contributed by atoms with van der Waals surface area (Å²) in [5.41, 5.74) is 7.20. The molecule has 3 aromatic rings. The van der Waals surface area contributed by atoms with E-state index in [0.29, 0.717) is 28.0 Å². The lowest BCUT2D eigenvalue weighted by molar-refractivity contribution is -0.115. The lowest BCUT2D eigenvalue weighted by atomic mass is 9.91. The summed E-state index contributed by atoms with van der Waals surface area (Å²) in [5.74, 6) is -0.318. The van der Waals surface area contributed by atoms with Crippen molar-refractivity contribution in [3.63, 3.8) is 0 Å². The molecule has 6 nitrogen and oxygen atoms in total. The maximum atomic E-state index is 13.4. The highest BCUT2D eigenvalue weighted by atomic mass is 35.5. The molecule has 0 bridgehead atoms. The third-order valence-electron chi connectivity index (χ3n) is 6.13. The zero-order valence-electron chi connectivity index (χ0n) is 17.9. The Hall–Kier alpha value is -3.22. The molecule has 5 rings (SSSR count). The SMILES string of the molecule is C[C@H]1C(C(=O)NN2CCc3ccccc32)=NN(c2ccc(Cl)cc2Cl)[C@@H]1c1ccc(O)cc1. The second-order valence-electron chi connectivity index (χ2n) is 8.22. The van der Waals surface area contributed by atoms with Gasteiger partial charge in [0.1, 0.15) is 11.5 Å². The first-order valence-electron chi connectivity index (χ1n) is 10.7. The zero-order chi connectivity index (χ0) is 23.1. The van der Waals surface area contributed by atoms with Crippen LogP contribution in [-0.2, 0) is 11.2 Å². The van der Waals surface area contributed by atoms with Crippen molar-refractivity contribution in [2.45, 2.75) is 19.4 Å². The molecular formula is C25H22Cl2N4O2. The van der Waals surface area contributed by atoms with E-state index in [4.69, 9.17) is 28.3 Å². The van der Waals surface area contributed by atoms with Crippen LogP contribution in [0.15, 0.2) is 71.8 Å². The molecule has 0 aromatic heterocycles. The standard InChI is InChI=1S/C25H22Cl2N4O2/c1-15-23(25(33)29-30-13-12-16-4-2-3-5-21(16)30)28-31(22-11-8-18(26)14-20(22)27)24(15)17-6-9-19(32)10-7-17/h2-11,14-15,24,32H,12-13H2,1H3,(H,29,33)/t15-,24-/m0/s1. The van der Waals surface area contributed by atoms with Crippen LogP contribution in [0, 0.1) is 5.92 Å². The normalized spacial score (nSPS) is 19.4. The number of hydrazone groups is 1. The van der Waals surface area contributed by atoms with Gasteiger partial charge in [-0.3, -0.25) is 20.2 Å². The number of amides is 1. The maximum absolute atomic E-state index is 13.4. The number of carbonyl (C=O) groups excluding carboxylic acids is 1. The number of para-hydroxylation sites is 1. The molecule has 33 heavy (non-hydrogen) atoms. The van der Waals surface area contributed by atoms with Crippen LogP contribution in [0.3, 0.4) is 0 Å². The van der Waals surface area contributed by atoms with Crippen LogP contribution >= 0.6 is 23.2 Å². The largest absolute Gasteiger partial charge is 0.508 e. The summed E-state index contributed by atoms with van der Waals surface area (Å²) in [6, 6.07) is 19.9. The summed E-state index contributed by atoms with van der Waals surface area (Å²) in [5, 5.41) is 19.1. The third kappa shape index (κ3) is 4.01. The smallest absolute Gasteiger partial charge is 0.286 e. The number of nitrogens with one attached hydrogen (secondary N) is 1. The number of benzene rings is 3. The van der Waals surface area contributed by atoms with Crippen LogP contribution in [0.4, 0.5) is 11.4 Å². The van der Waals surface area contributed by atoms with Crippen LogP contribution < -0.4 is 15.4 Å². The first kappa shape index (κ1) is 21.6. The predicted molar refractivity (Wildman–Crippen MR) is 132 cm³/mol. The summed E-state index contributed by atoms with van der Waals surface area (Å²) in [6.45, 7) is 2.68. The minimum absolute atomic E-state index is 0.173. The van der Waals surface area contributed by atoms with Crippen LogP contribution in [0.2, 0.25) is 10.0 Å². The van der Waals surface area contributed by atoms with Gasteiger partial charge in [-0.05, 0) is 53.9 Å². The highest BCUT2D eigenvalue weighted by Gasteiger charge is 2.40. The number of halogens is 2. The van der Waals surface area contributed by atoms with Crippen molar-refractivity contribution >= 4 is 46.2 Å². The lowest BCUT2D eigenvalue weighted by Crippen LogP contribution is -2.45. The second kappa shape index (κ2) is 8.61. The Morgan fingerprint density at radius 1 is 1.06 bits per heavy atom. The van der Waals surface area contributed by atoms with Gasteiger partial charge in [0.05, 0.1) is 22.4 Å². The number of phenolic OH excluding ortho intramolecular Hbond substituents is 1. The van der Waals surface area contributed by atoms with E-state index in [9.17, 15) is 9.90 Å². The number of phenols is 1. The zero-order valence-corrected chi connectivity index (χ0v) is 19.4. The molecule has 0 aliphatic carbocycles. The molecule has 168 valence electrons. The van der Waals surface area contributed by atoms with Crippen molar-refractivity contribution in [1.29, 1.82) is 0 Å². The topological polar surface area (TPSA) is 68.2 Å². The van der Waals surface area contributed by atoms with E-state index >= 15 is 0 Å². The van der Waals surface area contributed by atoms with Gasteiger partial charge in [0.25, 0.3) is 5.91 Å². The Kier molecular flexibility index (Phi) is 5.64. The van der Waals surface area contributed by atoms with Gasteiger partial charge in [0.2, 0.25) is 0 Å². The molecule has 2 atom stereocenters. The van der Waals surface area contributed by atoms with E-state index in [1.807, 2.05) is 42.3 Å². The number of hydrogen-bond donors (Lipinski definition) is 2. The second-order valence-corrected chi connectivity index (χ2v) is 9.07. The van der Waals surface area contributed by atoms with E-state index in [-0.39, 0.29) is 23.6 Å². The Bertz CT molecular complexity index is 1250. The van der Waals surface area contributed by atoms with E-state index in [1.165, 1.54) is 5.56 Å². The molecular weight excluding hydrogens is 459 g/mol. The molecule has 8 heteroatoms. The molecule has 0 fully saturated rings.